The van der Waals surface area contributed by atoms with Crippen molar-refractivity contribution in [1.29, 1.82) is 0 Å². The second-order valence-corrected chi connectivity index (χ2v) is 9.40. The first kappa shape index (κ1) is 19.7. The molecule has 0 spiro atoms. The van der Waals surface area contributed by atoms with Gasteiger partial charge in [-0.15, -0.1) is 5.10 Å². The number of hydrogen-bond acceptors (Lipinski definition) is 4. The number of nitrogens with zero attached hydrogens (tertiary/aromatic N) is 3. The minimum atomic E-state index is 0.212. The summed E-state index contributed by atoms with van der Waals surface area (Å²) in [7, 11) is 0. The molecule has 1 aliphatic carbocycles. The Morgan fingerprint density at radius 3 is 2.68 bits per heavy atom. The molecule has 31 heavy (non-hydrogen) atoms. The maximum Gasteiger partial charge on any atom is 0.203 e. The third-order valence-electron chi connectivity index (χ3n) is 6.85. The summed E-state index contributed by atoms with van der Waals surface area (Å²) in [6.07, 6.45) is 4.58. The second kappa shape index (κ2) is 7.80. The molecule has 1 unspecified atom stereocenters. The van der Waals surface area contributed by atoms with Crippen LogP contribution in [0, 0.1) is 0 Å². The minimum absolute atomic E-state index is 0.212. The van der Waals surface area contributed by atoms with Gasteiger partial charge in [-0.1, -0.05) is 74.9 Å². The highest BCUT2D eigenvalue weighted by molar-refractivity contribution is 5.77. The van der Waals surface area contributed by atoms with E-state index in [0.717, 1.165) is 23.9 Å². The van der Waals surface area contributed by atoms with E-state index in [1.165, 1.54) is 29.5 Å². The van der Waals surface area contributed by atoms with Crippen LogP contribution in [0.25, 0.3) is 11.2 Å². The van der Waals surface area contributed by atoms with Crippen LogP contribution in [0.5, 0.6) is 0 Å². The fourth-order valence-electron chi connectivity index (χ4n) is 5.46. The molecular formula is C26H29N5. The molecule has 0 aliphatic heterocycles. The van der Waals surface area contributed by atoms with Crippen molar-refractivity contribution >= 4 is 17.0 Å². The number of nitrogens with one attached hydrogen (secondary N) is 1. The summed E-state index contributed by atoms with van der Waals surface area (Å²) in [5.41, 5.74) is 13.2. The summed E-state index contributed by atoms with van der Waals surface area (Å²) in [5.74, 6) is 1.32. The van der Waals surface area contributed by atoms with Crippen LogP contribution in [0.4, 0.5) is 5.82 Å². The van der Waals surface area contributed by atoms with Crippen molar-refractivity contribution in [3.8, 4) is 0 Å². The van der Waals surface area contributed by atoms with E-state index in [9.17, 15) is 0 Å². The van der Waals surface area contributed by atoms with Crippen LogP contribution in [0.15, 0.2) is 60.7 Å². The zero-order valence-electron chi connectivity index (χ0n) is 18.2. The van der Waals surface area contributed by atoms with Gasteiger partial charge in [0.05, 0.1) is 0 Å². The number of aromatic amines is 1. The van der Waals surface area contributed by atoms with Gasteiger partial charge in [0.1, 0.15) is 11.3 Å². The topological polar surface area (TPSA) is 80.5 Å². The lowest BCUT2D eigenvalue weighted by Gasteiger charge is -2.21. The Morgan fingerprint density at radius 1 is 1.06 bits per heavy atom. The maximum atomic E-state index is 6.12. The lowest BCUT2D eigenvalue weighted by molar-refractivity contribution is 0.446. The Bertz CT molecular complexity index is 1190. The summed E-state index contributed by atoms with van der Waals surface area (Å²) in [6.45, 7) is 4.75. The normalized spacial score (nSPS) is 18.2. The van der Waals surface area contributed by atoms with E-state index in [1.54, 1.807) is 0 Å². The number of H-pyrrole nitrogens is 1. The highest BCUT2D eigenvalue weighted by Crippen LogP contribution is 2.48. The third-order valence-corrected chi connectivity index (χ3v) is 6.85. The van der Waals surface area contributed by atoms with Crippen LogP contribution >= 0.6 is 0 Å². The van der Waals surface area contributed by atoms with Crippen LogP contribution in [-0.4, -0.2) is 20.4 Å². The van der Waals surface area contributed by atoms with Crippen LogP contribution in [0.3, 0.4) is 0 Å². The van der Waals surface area contributed by atoms with E-state index < -0.39 is 0 Å². The first-order chi connectivity index (χ1) is 15.0. The molecule has 5 heteroatoms. The molecule has 5 rings (SSSR count). The molecule has 0 saturated carbocycles. The van der Waals surface area contributed by atoms with Gasteiger partial charge in [-0.05, 0) is 58.9 Å². The molecule has 2 aromatic carbocycles. The lowest BCUT2D eigenvalue weighted by atomic mass is 9.83. The maximum absolute atomic E-state index is 6.12. The van der Waals surface area contributed by atoms with Gasteiger partial charge < -0.3 is 5.73 Å². The number of benzene rings is 2. The van der Waals surface area contributed by atoms with Crippen molar-refractivity contribution in [2.75, 3.05) is 5.73 Å². The molecule has 2 atom stereocenters. The minimum Gasteiger partial charge on any atom is -0.384 e. The lowest BCUT2D eigenvalue weighted by Crippen LogP contribution is -2.12. The van der Waals surface area contributed by atoms with Crippen molar-refractivity contribution in [3.05, 3.63) is 82.9 Å². The second-order valence-electron chi connectivity index (χ2n) is 9.40. The van der Waals surface area contributed by atoms with E-state index in [0.29, 0.717) is 17.4 Å². The molecule has 158 valence electrons. The van der Waals surface area contributed by atoms with E-state index >= 15 is 0 Å². The Morgan fingerprint density at radius 2 is 1.84 bits per heavy atom. The summed E-state index contributed by atoms with van der Waals surface area (Å²) in [6, 6.07) is 21.6. The van der Waals surface area contributed by atoms with E-state index in [-0.39, 0.29) is 11.3 Å². The smallest absolute Gasteiger partial charge is 0.203 e. The van der Waals surface area contributed by atoms with Crippen molar-refractivity contribution in [1.82, 2.24) is 20.4 Å². The largest absolute Gasteiger partial charge is 0.384 e. The quantitative estimate of drug-likeness (QED) is 0.426. The van der Waals surface area contributed by atoms with Gasteiger partial charge in [-0.3, -0.25) is 0 Å². The van der Waals surface area contributed by atoms with Crippen LogP contribution < -0.4 is 5.73 Å². The van der Waals surface area contributed by atoms with Gasteiger partial charge in [-0.2, -0.15) is 10.3 Å². The third kappa shape index (κ3) is 3.69. The van der Waals surface area contributed by atoms with Gasteiger partial charge in [-0.25, -0.2) is 4.98 Å². The number of nitrogen functional groups attached to an aromatic ring is 1. The van der Waals surface area contributed by atoms with Crippen molar-refractivity contribution in [2.45, 2.75) is 56.8 Å². The van der Waals surface area contributed by atoms with Crippen LogP contribution in [0.2, 0.25) is 0 Å². The van der Waals surface area contributed by atoms with Gasteiger partial charge in [0.15, 0.2) is 0 Å². The van der Waals surface area contributed by atoms with Crippen molar-refractivity contribution < 1.29 is 0 Å². The molecule has 0 amide bonds. The zero-order valence-corrected chi connectivity index (χ0v) is 18.2. The van der Waals surface area contributed by atoms with E-state index in [1.807, 2.05) is 6.07 Å². The van der Waals surface area contributed by atoms with Crippen LogP contribution in [-0.2, 0) is 5.41 Å². The summed E-state index contributed by atoms with van der Waals surface area (Å²) in [4.78, 5) is 4.33. The molecular weight excluding hydrogens is 382 g/mol. The Balaban J connectivity index is 1.41. The molecule has 1 aliphatic rings. The highest BCUT2D eigenvalue weighted by atomic mass is 15.3. The Labute approximate surface area is 183 Å². The average molecular weight is 412 g/mol. The predicted molar refractivity (Wildman–Crippen MR) is 125 cm³/mol. The molecule has 2 heterocycles. The standard InChI is InChI=1S/C26H29N5/c1-26(2)16-18(20-12-6-7-14-22(20)26)11-8-13-19(17-9-4-3-5-10-17)21-15-23(27)28-25-24(21)29-31-30-25/h3-7,9-10,12,14-15,18-19H,8,11,13,16H2,1-2H3,(H3,27,28,29,30,31)/t18-,19?/m1/s1. The fraction of sp³-hybridized carbons (Fsp3) is 0.346. The fourth-order valence-corrected chi connectivity index (χ4v) is 5.46. The van der Waals surface area contributed by atoms with Gasteiger partial charge in [0.2, 0.25) is 5.65 Å². The molecule has 0 bridgehead atoms. The van der Waals surface area contributed by atoms with Crippen LogP contribution in [0.1, 0.15) is 73.6 Å². The van der Waals surface area contributed by atoms with Crippen molar-refractivity contribution in [3.63, 3.8) is 0 Å². The van der Waals surface area contributed by atoms with Crippen molar-refractivity contribution in [2.24, 2.45) is 0 Å². The Kier molecular flexibility index (Phi) is 4.97. The van der Waals surface area contributed by atoms with E-state index in [2.05, 4.69) is 88.8 Å². The highest BCUT2D eigenvalue weighted by Gasteiger charge is 2.36. The Hall–Kier alpha value is -3.21. The van der Waals surface area contributed by atoms with Gasteiger partial charge in [0, 0.05) is 5.92 Å². The summed E-state index contributed by atoms with van der Waals surface area (Å²) < 4.78 is 0. The SMILES string of the molecule is CC1(C)C[C@@H](CCCC(c2ccccc2)c2cc(N)nc3n[nH]nc23)c2ccccc21. The molecule has 0 saturated heterocycles. The molecule has 0 fully saturated rings. The molecule has 3 N–H and O–H groups in total. The average Bonchev–Trinajstić information content (AvgIpc) is 3.34. The first-order valence-electron chi connectivity index (χ1n) is 11.1. The number of aromatic nitrogens is 4. The predicted octanol–water partition coefficient (Wildman–Crippen LogP) is 5.70. The molecule has 4 aromatic rings. The molecule has 5 nitrogen and oxygen atoms in total. The number of nitrogens with two attached hydrogens (primary N) is 1. The summed E-state index contributed by atoms with van der Waals surface area (Å²) in [5, 5.41) is 11.3. The molecule has 2 aromatic heterocycles. The number of anilines is 1. The molecule has 0 radical (unpaired) electrons. The number of pyridine rings is 1. The van der Waals surface area contributed by atoms with Gasteiger partial charge >= 0.3 is 0 Å². The van der Waals surface area contributed by atoms with E-state index in [4.69, 9.17) is 5.73 Å². The number of rotatable bonds is 6. The summed E-state index contributed by atoms with van der Waals surface area (Å²) >= 11 is 0. The van der Waals surface area contributed by atoms with Gasteiger partial charge in [0.25, 0.3) is 0 Å². The zero-order chi connectivity index (χ0) is 21.4. The number of fused-ring (bicyclic) bond motifs is 2. The number of hydrogen-bond donors (Lipinski definition) is 2. The monoisotopic (exact) mass is 411 g/mol. The first-order valence-corrected chi connectivity index (χ1v) is 11.1.